The summed E-state index contributed by atoms with van der Waals surface area (Å²) in [6.45, 7) is 0.123. The molecule has 1 saturated heterocycles. The average molecular weight is 679 g/mol. The molecule has 0 spiro atoms. The lowest BCUT2D eigenvalue weighted by molar-refractivity contribution is -0.0930. The number of nitrogen functional groups attached to an aromatic ring is 1. The minimum atomic E-state index is -1.02. The second-order valence-corrected chi connectivity index (χ2v) is 11.3. The maximum absolute atomic E-state index is 11.2. The van der Waals surface area contributed by atoms with Gasteiger partial charge in [-0.05, 0) is 63.5 Å². The molecule has 3 heterocycles. The third-order valence-corrected chi connectivity index (χ3v) is 8.56. The van der Waals surface area contributed by atoms with Gasteiger partial charge in [-0.3, -0.25) is 0 Å². The Hall–Kier alpha value is -3.71. The summed E-state index contributed by atoms with van der Waals surface area (Å²) in [4.78, 5) is 8.57. The van der Waals surface area contributed by atoms with Crippen LogP contribution in [0.2, 0.25) is 0 Å². The molecule has 216 valence electrons. The van der Waals surface area contributed by atoms with Gasteiger partial charge in [0.05, 0.1) is 32.3 Å². The van der Waals surface area contributed by atoms with E-state index >= 15 is 0 Å². The van der Waals surface area contributed by atoms with Crippen molar-refractivity contribution in [2.45, 2.75) is 30.5 Å². The SMILES string of the molecule is COc1ccc(C(OC[C@H]2O[C@@H](n3cc(I)c4c(N)ncnc43)C[C@@H]2O)(c2ccccc2)c2ccc(OC)cc2)cc1. The number of fused-ring (bicyclic) bond motifs is 1. The van der Waals surface area contributed by atoms with E-state index in [1.807, 2.05) is 89.6 Å². The molecule has 42 heavy (non-hydrogen) atoms. The quantitative estimate of drug-likeness (QED) is 0.160. The van der Waals surface area contributed by atoms with Gasteiger partial charge in [-0.2, -0.15) is 0 Å². The van der Waals surface area contributed by atoms with Crippen LogP contribution in [0, 0.1) is 3.57 Å². The normalized spacial score (nSPS) is 18.8. The number of hydrogen-bond donors (Lipinski definition) is 2. The van der Waals surface area contributed by atoms with Crippen LogP contribution in [-0.4, -0.2) is 52.7 Å². The van der Waals surface area contributed by atoms with Gasteiger partial charge in [0.15, 0.2) is 0 Å². The van der Waals surface area contributed by atoms with Crippen molar-refractivity contribution in [3.05, 3.63) is 112 Å². The van der Waals surface area contributed by atoms with Gasteiger partial charge < -0.3 is 34.4 Å². The summed E-state index contributed by atoms with van der Waals surface area (Å²) in [5.74, 6) is 1.89. The van der Waals surface area contributed by atoms with Crippen molar-refractivity contribution in [1.82, 2.24) is 14.5 Å². The smallest absolute Gasteiger partial charge is 0.148 e. The number of nitrogens with two attached hydrogens (primary N) is 1. The Balaban J connectivity index is 1.37. The van der Waals surface area contributed by atoms with E-state index in [0.717, 1.165) is 37.1 Å². The number of anilines is 1. The van der Waals surface area contributed by atoms with Gasteiger partial charge >= 0.3 is 0 Å². The van der Waals surface area contributed by atoms with Gasteiger partial charge in [-0.1, -0.05) is 54.6 Å². The van der Waals surface area contributed by atoms with Gasteiger partial charge in [0.25, 0.3) is 0 Å². The maximum Gasteiger partial charge on any atom is 0.148 e. The minimum Gasteiger partial charge on any atom is -0.497 e. The first-order valence-corrected chi connectivity index (χ1v) is 14.6. The van der Waals surface area contributed by atoms with E-state index in [9.17, 15) is 5.11 Å². The highest BCUT2D eigenvalue weighted by Gasteiger charge is 2.42. The van der Waals surface area contributed by atoms with Crippen molar-refractivity contribution >= 4 is 39.4 Å². The number of rotatable bonds is 9. The lowest BCUT2D eigenvalue weighted by Gasteiger charge is -2.37. The predicted molar refractivity (Wildman–Crippen MR) is 167 cm³/mol. The van der Waals surface area contributed by atoms with Crippen molar-refractivity contribution in [1.29, 1.82) is 0 Å². The van der Waals surface area contributed by atoms with E-state index in [1.54, 1.807) is 14.2 Å². The van der Waals surface area contributed by atoms with Crippen LogP contribution in [0.25, 0.3) is 11.0 Å². The molecule has 0 amide bonds. The van der Waals surface area contributed by atoms with Crippen LogP contribution in [0.4, 0.5) is 5.82 Å². The highest BCUT2D eigenvalue weighted by molar-refractivity contribution is 14.1. The summed E-state index contributed by atoms with van der Waals surface area (Å²) >= 11 is 2.22. The molecule has 1 aliphatic rings. The van der Waals surface area contributed by atoms with Crippen LogP contribution in [0.15, 0.2) is 91.4 Å². The Morgan fingerprint density at radius 3 is 2.12 bits per heavy atom. The van der Waals surface area contributed by atoms with Gasteiger partial charge in [-0.15, -0.1) is 0 Å². The molecule has 0 aliphatic carbocycles. The molecule has 1 fully saturated rings. The Kier molecular flexibility index (Phi) is 8.04. The zero-order chi connectivity index (χ0) is 29.3. The fourth-order valence-corrected chi connectivity index (χ4v) is 6.42. The van der Waals surface area contributed by atoms with Gasteiger partial charge in [0, 0.05) is 16.2 Å². The number of ether oxygens (including phenoxy) is 4. The first-order chi connectivity index (χ1) is 20.4. The third kappa shape index (κ3) is 5.08. The lowest BCUT2D eigenvalue weighted by atomic mass is 9.80. The first kappa shape index (κ1) is 28.4. The number of aliphatic hydroxyl groups excluding tert-OH is 1. The first-order valence-electron chi connectivity index (χ1n) is 13.5. The number of nitrogens with zero attached hydrogens (tertiary/aromatic N) is 3. The molecule has 6 rings (SSSR count). The highest BCUT2D eigenvalue weighted by atomic mass is 127. The Bertz CT molecular complexity index is 1610. The van der Waals surface area contributed by atoms with E-state index in [0.29, 0.717) is 17.9 Å². The average Bonchev–Trinajstić information content (AvgIpc) is 3.58. The number of methoxy groups -OCH3 is 2. The third-order valence-electron chi connectivity index (χ3n) is 7.74. The molecule has 3 atom stereocenters. The molecule has 0 bridgehead atoms. The number of aliphatic hydroxyl groups is 1. The lowest BCUT2D eigenvalue weighted by Crippen LogP contribution is -2.38. The van der Waals surface area contributed by atoms with Gasteiger partial charge in [0.1, 0.15) is 47.2 Å². The van der Waals surface area contributed by atoms with Crippen LogP contribution < -0.4 is 15.2 Å². The number of hydrogen-bond acceptors (Lipinski definition) is 8. The van der Waals surface area contributed by atoms with Crippen molar-refractivity contribution in [2.24, 2.45) is 0 Å². The summed E-state index contributed by atoms with van der Waals surface area (Å²) < 4.78 is 27.1. The Morgan fingerprint density at radius 1 is 0.929 bits per heavy atom. The van der Waals surface area contributed by atoms with Crippen molar-refractivity contribution in [3.63, 3.8) is 0 Å². The second-order valence-electron chi connectivity index (χ2n) is 10.1. The molecule has 1 aliphatic heterocycles. The standard InChI is InChI=1S/C32H31IN4O5/c1-39-23-12-8-21(9-13-23)32(20-6-4-3-5-7-20,22-10-14-24(40-2)15-11-22)41-18-27-26(38)16-28(42-27)37-17-25(33)29-30(34)35-19-36-31(29)37/h3-15,17,19,26-28,38H,16,18H2,1-2H3,(H2,34,35,36)/t26-,27+,28+/m0/s1. The summed E-state index contributed by atoms with van der Waals surface area (Å²) in [6.07, 6.45) is 1.95. The molecule has 9 nitrogen and oxygen atoms in total. The van der Waals surface area contributed by atoms with Crippen molar-refractivity contribution < 1.29 is 24.1 Å². The van der Waals surface area contributed by atoms with Crippen LogP contribution >= 0.6 is 22.6 Å². The molecule has 0 unspecified atom stereocenters. The molecule has 5 aromatic rings. The molecule has 2 aromatic heterocycles. The Labute approximate surface area is 257 Å². The van der Waals surface area contributed by atoms with Crippen LogP contribution in [0.5, 0.6) is 11.5 Å². The van der Waals surface area contributed by atoms with E-state index in [4.69, 9.17) is 24.7 Å². The van der Waals surface area contributed by atoms with Crippen LogP contribution in [0.1, 0.15) is 29.3 Å². The molecule has 3 N–H and O–H groups in total. The maximum atomic E-state index is 11.2. The largest absolute Gasteiger partial charge is 0.497 e. The summed E-state index contributed by atoms with van der Waals surface area (Å²) in [5, 5.41) is 12.0. The van der Waals surface area contributed by atoms with E-state index in [1.165, 1.54) is 6.33 Å². The molecule has 0 saturated carbocycles. The topological polar surface area (TPSA) is 114 Å². The number of aromatic nitrogens is 3. The van der Waals surface area contributed by atoms with Crippen LogP contribution in [0.3, 0.4) is 0 Å². The molecule has 0 radical (unpaired) electrons. The van der Waals surface area contributed by atoms with E-state index < -0.39 is 24.0 Å². The summed E-state index contributed by atoms with van der Waals surface area (Å²) in [5.41, 5.74) is 8.52. The monoisotopic (exact) mass is 678 g/mol. The van der Waals surface area contributed by atoms with E-state index in [-0.39, 0.29) is 6.61 Å². The molecule has 3 aromatic carbocycles. The van der Waals surface area contributed by atoms with E-state index in [2.05, 4.69) is 32.6 Å². The molecule has 10 heteroatoms. The Morgan fingerprint density at radius 2 is 1.52 bits per heavy atom. The fraction of sp³-hybridized carbons (Fsp3) is 0.250. The van der Waals surface area contributed by atoms with Crippen LogP contribution in [-0.2, 0) is 15.1 Å². The summed E-state index contributed by atoms with van der Waals surface area (Å²) in [7, 11) is 3.29. The summed E-state index contributed by atoms with van der Waals surface area (Å²) in [6, 6.07) is 25.7. The number of halogens is 1. The van der Waals surface area contributed by atoms with Gasteiger partial charge in [-0.25, -0.2) is 9.97 Å². The molecular formula is C32H31IN4O5. The minimum absolute atomic E-state index is 0.123. The fourth-order valence-electron chi connectivity index (χ4n) is 5.60. The predicted octanol–water partition coefficient (Wildman–Crippen LogP) is 5.29. The zero-order valence-corrected chi connectivity index (χ0v) is 25.3. The van der Waals surface area contributed by atoms with Crippen molar-refractivity contribution in [3.8, 4) is 11.5 Å². The van der Waals surface area contributed by atoms with Crippen molar-refractivity contribution in [2.75, 3.05) is 26.6 Å². The zero-order valence-electron chi connectivity index (χ0n) is 23.2. The molecular weight excluding hydrogens is 647 g/mol. The number of benzene rings is 3. The second kappa shape index (κ2) is 11.9. The highest BCUT2D eigenvalue weighted by Crippen LogP contribution is 2.43. The van der Waals surface area contributed by atoms with Gasteiger partial charge in [0.2, 0.25) is 0 Å².